The molecule has 3 N–H and O–H groups in total. The van der Waals surface area contributed by atoms with Gasteiger partial charge in [0.1, 0.15) is 0 Å². The second-order valence-corrected chi connectivity index (χ2v) is 5.34. The number of aliphatic hydroxyl groups excluding tert-OH is 1. The minimum absolute atomic E-state index is 0.00203. The summed E-state index contributed by atoms with van der Waals surface area (Å²) in [6, 6.07) is 6.02. The predicted octanol–water partition coefficient (Wildman–Crippen LogP) is 1.91. The molecule has 1 aromatic carbocycles. The summed E-state index contributed by atoms with van der Waals surface area (Å²) in [5, 5.41) is 9.69. The second-order valence-electron chi connectivity index (χ2n) is 4.48. The number of halogens is 1. The minimum atomic E-state index is -0.494. The number of hydrogen-bond acceptors (Lipinski definition) is 4. The van der Waals surface area contributed by atoms with Crippen LogP contribution in [0.25, 0.3) is 0 Å². The molecule has 0 fully saturated rings. The number of aliphatic hydroxyl groups is 1. The van der Waals surface area contributed by atoms with Crippen LogP contribution in [0.5, 0.6) is 0 Å². The smallest absolute Gasteiger partial charge is 0.0947 e. The summed E-state index contributed by atoms with van der Waals surface area (Å²) in [6.07, 6.45) is -0.494. The van der Waals surface area contributed by atoms with Crippen molar-refractivity contribution < 1.29 is 9.84 Å². The average molecular weight is 317 g/mol. The zero-order valence-electron chi connectivity index (χ0n) is 11.1. The van der Waals surface area contributed by atoms with Crippen LogP contribution in [0.15, 0.2) is 22.7 Å². The van der Waals surface area contributed by atoms with Gasteiger partial charge in [0.25, 0.3) is 0 Å². The van der Waals surface area contributed by atoms with E-state index in [0.717, 1.165) is 15.7 Å². The van der Waals surface area contributed by atoms with Gasteiger partial charge in [0, 0.05) is 36.9 Å². The van der Waals surface area contributed by atoms with Crippen LogP contribution in [-0.4, -0.2) is 38.5 Å². The van der Waals surface area contributed by atoms with Gasteiger partial charge in [0.2, 0.25) is 0 Å². The minimum Gasteiger partial charge on any atom is -0.389 e. The molecule has 102 valence electrons. The van der Waals surface area contributed by atoms with E-state index in [4.69, 9.17) is 10.5 Å². The maximum absolute atomic E-state index is 9.69. The third-order valence-corrected chi connectivity index (χ3v) is 3.45. The molecule has 0 aliphatic rings. The van der Waals surface area contributed by atoms with Crippen molar-refractivity contribution in [1.29, 1.82) is 0 Å². The highest BCUT2D eigenvalue weighted by molar-refractivity contribution is 9.10. The van der Waals surface area contributed by atoms with Crippen molar-refractivity contribution >= 4 is 21.6 Å². The molecule has 0 aliphatic heterocycles. The van der Waals surface area contributed by atoms with Gasteiger partial charge in [-0.1, -0.05) is 22.0 Å². The molecule has 0 saturated heterocycles. The molecule has 1 aromatic rings. The van der Waals surface area contributed by atoms with E-state index in [1.807, 2.05) is 37.1 Å². The first kappa shape index (κ1) is 15.4. The van der Waals surface area contributed by atoms with Crippen molar-refractivity contribution in [2.45, 2.75) is 19.1 Å². The van der Waals surface area contributed by atoms with Crippen molar-refractivity contribution in [1.82, 2.24) is 0 Å². The van der Waals surface area contributed by atoms with E-state index in [0.29, 0.717) is 13.2 Å². The van der Waals surface area contributed by atoms with Crippen molar-refractivity contribution in [3.63, 3.8) is 0 Å². The largest absolute Gasteiger partial charge is 0.389 e. The van der Waals surface area contributed by atoms with Crippen LogP contribution in [0, 0.1) is 0 Å². The van der Waals surface area contributed by atoms with Gasteiger partial charge >= 0.3 is 0 Å². The van der Waals surface area contributed by atoms with E-state index < -0.39 is 6.10 Å². The van der Waals surface area contributed by atoms with Crippen LogP contribution in [0.2, 0.25) is 0 Å². The molecule has 5 heteroatoms. The SMILES string of the molecule is COCC(O)CN(C)c1ccc([C@H](C)N)c(Br)c1. The summed E-state index contributed by atoms with van der Waals surface area (Å²) in [6.45, 7) is 2.81. The molecule has 0 saturated carbocycles. The Morgan fingerprint density at radius 1 is 1.50 bits per heavy atom. The summed E-state index contributed by atoms with van der Waals surface area (Å²) >= 11 is 3.52. The quantitative estimate of drug-likeness (QED) is 0.841. The number of ether oxygens (including phenoxy) is 1. The fourth-order valence-electron chi connectivity index (χ4n) is 1.79. The van der Waals surface area contributed by atoms with E-state index in [1.165, 1.54) is 0 Å². The zero-order valence-corrected chi connectivity index (χ0v) is 12.6. The zero-order chi connectivity index (χ0) is 13.7. The normalized spacial score (nSPS) is 14.3. The Balaban J connectivity index is 2.75. The van der Waals surface area contributed by atoms with Gasteiger partial charge < -0.3 is 20.5 Å². The maximum atomic E-state index is 9.69. The fourth-order valence-corrected chi connectivity index (χ4v) is 2.52. The molecule has 0 radical (unpaired) electrons. The van der Waals surface area contributed by atoms with E-state index in [2.05, 4.69) is 15.9 Å². The molecule has 0 amide bonds. The molecular weight excluding hydrogens is 296 g/mol. The van der Waals surface area contributed by atoms with Crippen molar-refractivity contribution in [2.24, 2.45) is 5.73 Å². The van der Waals surface area contributed by atoms with Crippen LogP contribution in [-0.2, 0) is 4.74 Å². The fraction of sp³-hybridized carbons (Fsp3) is 0.538. The topological polar surface area (TPSA) is 58.7 Å². The van der Waals surface area contributed by atoms with Gasteiger partial charge in [0.05, 0.1) is 12.7 Å². The van der Waals surface area contributed by atoms with E-state index in [9.17, 15) is 5.11 Å². The number of hydrogen-bond donors (Lipinski definition) is 2. The van der Waals surface area contributed by atoms with Crippen LogP contribution in [0.4, 0.5) is 5.69 Å². The Bertz CT molecular complexity index is 385. The van der Waals surface area contributed by atoms with Gasteiger partial charge in [-0.25, -0.2) is 0 Å². The monoisotopic (exact) mass is 316 g/mol. The Labute approximate surface area is 117 Å². The van der Waals surface area contributed by atoms with Gasteiger partial charge in [-0.15, -0.1) is 0 Å². The predicted molar refractivity (Wildman–Crippen MR) is 77.9 cm³/mol. The number of benzene rings is 1. The number of rotatable bonds is 6. The highest BCUT2D eigenvalue weighted by Crippen LogP contribution is 2.27. The molecule has 1 unspecified atom stereocenters. The second kappa shape index (κ2) is 7.09. The third kappa shape index (κ3) is 4.24. The molecule has 0 aliphatic carbocycles. The summed E-state index contributed by atoms with van der Waals surface area (Å²) < 4.78 is 5.90. The van der Waals surface area contributed by atoms with E-state index in [1.54, 1.807) is 7.11 Å². The maximum Gasteiger partial charge on any atom is 0.0947 e. The Morgan fingerprint density at radius 3 is 2.67 bits per heavy atom. The van der Waals surface area contributed by atoms with Gasteiger partial charge in [0.15, 0.2) is 0 Å². The number of nitrogens with zero attached hydrogens (tertiary/aromatic N) is 1. The molecule has 4 nitrogen and oxygen atoms in total. The van der Waals surface area contributed by atoms with Crippen LogP contribution in [0.3, 0.4) is 0 Å². The molecule has 18 heavy (non-hydrogen) atoms. The van der Waals surface area contributed by atoms with Crippen LogP contribution >= 0.6 is 15.9 Å². The summed E-state index contributed by atoms with van der Waals surface area (Å²) in [5.41, 5.74) is 7.96. The lowest BCUT2D eigenvalue weighted by Crippen LogP contribution is -2.31. The lowest BCUT2D eigenvalue weighted by Gasteiger charge is -2.23. The molecule has 0 aromatic heterocycles. The highest BCUT2D eigenvalue weighted by Gasteiger charge is 2.11. The first-order valence-electron chi connectivity index (χ1n) is 5.89. The van der Waals surface area contributed by atoms with E-state index in [-0.39, 0.29) is 6.04 Å². The number of anilines is 1. The first-order chi connectivity index (χ1) is 8.45. The van der Waals surface area contributed by atoms with Crippen molar-refractivity contribution in [3.05, 3.63) is 28.2 Å². The Morgan fingerprint density at radius 2 is 2.17 bits per heavy atom. The van der Waals surface area contributed by atoms with Crippen molar-refractivity contribution in [3.8, 4) is 0 Å². The summed E-state index contributed by atoms with van der Waals surface area (Å²) in [4.78, 5) is 1.99. The lowest BCUT2D eigenvalue weighted by atomic mass is 10.1. The molecule has 1 rings (SSSR count). The van der Waals surface area contributed by atoms with Gasteiger partial charge in [-0.05, 0) is 24.6 Å². The first-order valence-corrected chi connectivity index (χ1v) is 6.68. The van der Waals surface area contributed by atoms with Crippen LogP contribution < -0.4 is 10.6 Å². The van der Waals surface area contributed by atoms with Crippen LogP contribution in [0.1, 0.15) is 18.5 Å². The van der Waals surface area contributed by atoms with E-state index >= 15 is 0 Å². The molecule has 0 heterocycles. The molecule has 0 bridgehead atoms. The average Bonchev–Trinajstić information content (AvgIpc) is 2.28. The molecular formula is C13H21BrN2O2. The van der Waals surface area contributed by atoms with Crippen molar-refractivity contribution in [2.75, 3.05) is 32.2 Å². The highest BCUT2D eigenvalue weighted by atomic mass is 79.9. The Hall–Kier alpha value is -0.620. The summed E-state index contributed by atoms with van der Waals surface area (Å²) in [5.74, 6) is 0. The standard InChI is InChI=1S/C13H21BrN2O2/c1-9(15)12-5-4-10(6-13(12)14)16(2)7-11(17)8-18-3/h4-6,9,11,17H,7-8,15H2,1-3H3/t9-,11?/m0/s1. The number of methoxy groups -OCH3 is 1. The van der Waals surface area contributed by atoms with Gasteiger partial charge in [-0.2, -0.15) is 0 Å². The lowest BCUT2D eigenvalue weighted by molar-refractivity contribution is 0.0695. The Kier molecular flexibility index (Phi) is 6.08. The molecule has 2 atom stereocenters. The van der Waals surface area contributed by atoms with Gasteiger partial charge in [-0.3, -0.25) is 0 Å². The summed E-state index contributed by atoms with van der Waals surface area (Å²) in [7, 11) is 3.52. The number of likely N-dealkylation sites (N-methyl/N-ethyl adjacent to an activating group) is 1. The molecule has 0 spiro atoms. The third-order valence-electron chi connectivity index (χ3n) is 2.76. The number of nitrogens with two attached hydrogens (primary N) is 1.